The Labute approximate surface area is 170 Å². The first kappa shape index (κ1) is 20.2. The first-order valence-corrected chi connectivity index (χ1v) is 9.38. The normalized spacial score (nSPS) is 10.3. The van der Waals surface area contributed by atoms with E-state index in [1.54, 1.807) is 32.5 Å². The predicted molar refractivity (Wildman–Crippen MR) is 114 cm³/mol. The van der Waals surface area contributed by atoms with Gasteiger partial charge in [0, 0.05) is 12.7 Å². The van der Waals surface area contributed by atoms with Gasteiger partial charge in [0.25, 0.3) is 5.91 Å². The number of hydrogen-bond donors (Lipinski definition) is 2. The van der Waals surface area contributed by atoms with Gasteiger partial charge in [0.2, 0.25) is 0 Å². The molecule has 0 bridgehead atoms. The number of pyridine rings is 1. The third kappa shape index (κ3) is 5.48. The summed E-state index contributed by atoms with van der Waals surface area (Å²) in [5, 5.41) is 6.15. The van der Waals surface area contributed by atoms with Crippen LogP contribution in [0.5, 0.6) is 11.5 Å². The van der Waals surface area contributed by atoms with Crippen molar-refractivity contribution in [1.82, 2.24) is 10.3 Å². The molecule has 2 aromatic carbocycles. The van der Waals surface area contributed by atoms with Crippen LogP contribution in [0.1, 0.15) is 21.5 Å². The van der Waals surface area contributed by atoms with Crippen LogP contribution in [0.15, 0.2) is 60.8 Å². The van der Waals surface area contributed by atoms with E-state index >= 15 is 0 Å². The van der Waals surface area contributed by atoms with E-state index in [0.717, 1.165) is 34.7 Å². The van der Waals surface area contributed by atoms with E-state index in [0.29, 0.717) is 17.9 Å². The van der Waals surface area contributed by atoms with Crippen molar-refractivity contribution in [2.75, 3.05) is 26.1 Å². The Hall–Kier alpha value is -3.54. The van der Waals surface area contributed by atoms with E-state index in [1.165, 1.54) is 0 Å². The van der Waals surface area contributed by atoms with E-state index in [9.17, 15) is 4.79 Å². The summed E-state index contributed by atoms with van der Waals surface area (Å²) >= 11 is 0. The molecule has 0 saturated heterocycles. The van der Waals surface area contributed by atoms with E-state index in [-0.39, 0.29) is 5.91 Å². The van der Waals surface area contributed by atoms with E-state index < -0.39 is 0 Å². The summed E-state index contributed by atoms with van der Waals surface area (Å²) in [5.74, 6) is 2.05. The van der Waals surface area contributed by atoms with Gasteiger partial charge in [-0.1, -0.05) is 18.2 Å². The number of carbonyl (C=O) groups excluding carboxylic acids is 1. The number of ether oxygens (including phenoxy) is 2. The number of aryl methyl sites for hydroxylation is 1. The first-order valence-electron chi connectivity index (χ1n) is 9.38. The summed E-state index contributed by atoms with van der Waals surface area (Å²) in [6.07, 6.45) is 2.31. The summed E-state index contributed by atoms with van der Waals surface area (Å²) in [6.45, 7) is 2.56. The van der Waals surface area contributed by atoms with E-state index in [4.69, 9.17) is 9.47 Å². The Morgan fingerprint density at radius 2 is 1.79 bits per heavy atom. The van der Waals surface area contributed by atoms with Crippen LogP contribution in [0, 0.1) is 6.92 Å². The van der Waals surface area contributed by atoms with Gasteiger partial charge in [-0.05, 0) is 60.9 Å². The lowest BCUT2D eigenvalue weighted by molar-refractivity contribution is 0.0954. The SMILES string of the molecule is COc1ccc(CCNC(=O)c2ccc(Nc3cc(C)ccc3OC)nc2)cc1. The largest absolute Gasteiger partial charge is 0.497 e. The lowest BCUT2D eigenvalue weighted by Crippen LogP contribution is -2.25. The molecule has 0 atom stereocenters. The molecule has 0 aliphatic heterocycles. The molecule has 0 aliphatic carbocycles. The molecule has 3 rings (SSSR count). The Morgan fingerprint density at radius 1 is 1.00 bits per heavy atom. The third-order valence-corrected chi connectivity index (χ3v) is 4.50. The summed E-state index contributed by atoms with van der Waals surface area (Å²) in [4.78, 5) is 16.7. The van der Waals surface area contributed by atoms with Crippen LogP contribution in [0.2, 0.25) is 0 Å². The minimum Gasteiger partial charge on any atom is -0.497 e. The molecule has 0 radical (unpaired) electrons. The van der Waals surface area contributed by atoms with Gasteiger partial charge in [0.15, 0.2) is 0 Å². The number of aromatic nitrogens is 1. The second-order valence-corrected chi connectivity index (χ2v) is 6.61. The van der Waals surface area contributed by atoms with Gasteiger partial charge in [-0.25, -0.2) is 4.98 Å². The first-order chi connectivity index (χ1) is 14.1. The summed E-state index contributed by atoms with van der Waals surface area (Å²) < 4.78 is 10.5. The second kappa shape index (κ2) is 9.59. The van der Waals surface area contributed by atoms with Gasteiger partial charge in [-0.2, -0.15) is 0 Å². The number of amides is 1. The third-order valence-electron chi connectivity index (χ3n) is 4.50. The highest BCUT2D eigenvalue weighted by molar-refractivity contribution is 5.94. The quantitative estimate of drug-likeness (QED) is 0.604. The molecule has 0 saturated carbocycles. The zero-order chi connectivity index (χ0) is 20.6. The van der Waals surface area contributed by atoms with E-state index in [2.05, 4.69) is 15.6 Å². The second-order valence-electron chi connectivity index (χ2n) is 6.61. The van der Waals surface area contributed by atoms with Crippen LogP contribution in [0.4, 0.5) is 11.5 Å². The minimum atomic E-state index is -0.148. The average Bonchev–Trinajstić information content (AvgIpc) is 2.75. The number of anilines is 2. The summed E-state index contributed by atoms with van der Waals surface area (Å²) in [7, 11) is 3.27. The number of hydrogen-bond acceptors (Lipinski definition) is 5. The molecule has 0 fully saturated rings. The molecule has 0 aliphatic rings. The average molecular weight is 391 g/mol. The topological polar surface area (TPSA) is 72.5 Å². The van der Waals surface area contributed by atoms with Crippen molar-refractivity contribution in [3.8, 4) is 11.5 Å². The van der Waals surface area contributed by atoms with Gasteiger partial charge in [0.1, 0.15) is 17.3 Å². The zero-order valence-electron chi connectivity index (χ0n) is 16.9. The van der Waals surface area contributed by atoms with Crippen molar-refractivity contribution in [3.05, 3.63) is 77.5 Å². The fourth-order valence-electron chi connectivity index (χ4n) is 2.87. The highest BCUT2D eigenvalue weighted by atomic mass is 16.5. The van der Waals surface area contributed by atoms with Crippen LogP contribution in [-0.4, -0.2) is 31.7 Å². The summed E-state index contributed by atoms with van der Waals surface area (Å²) in [5.41, 5.74) is 3.59. The smallest absolute Gasteiger partial charge is 0.252 e. The standard InChI is InChI=1S/C23H25N3O3/c1-16-4-10-21(29-3)20(14-16)26-22-11-7-18(15-25-22)23(27)24-13-12-17-5-8-19(28-2)9-6-17/h4-11,14-15H,12-13H2,1-3H3,(H,24,27)(H,25,26). The van der Waals surface area contributed by atoms with Crippen molar-refractivity contribution < 1.29 is 14.3 Å². The van der Waals surface area contributed by atoms with Crippen LogP contribution < -0.4 is 20.1 Å². The molecule has 0 unspecified atom stereocenters. The number of carbonyl (C=O) groups is 1. The Balaban J connectivity index is 1.55. The lowest BCUT2D eigenvalue weighted by atomic mass is 10.1. The maximum absolute atomic E-state index is 12.3. The summed E-state index contributed by atoms with van der Waals surface area (Å²) in [6, 6.07) is 17.2. The van der Waals surface area contributed by atoms with Crippen molar-refractivity contribution in [2.45, 2.75) is 13.3 Å². The number of nitrogens with one attached hydrogen (secondary N) is 2. The Bertz CT molecular complexity index is 954. The van der Waals surface area contributed by atoms with Gasteiger partial charge >= 0.3 is 0 Å². The monoisotopic (exact) mass is 391 g/mol. The molecular weight excluding hydrogens is 366 g/mol. The molecule has 150 valence electrons. The molecule has 2 N–H and O–H groups in total. The minimum absolute atomic E-state index is 0.148. The van der Waals surface area contributed by atoms with Crippen LogP contribution in [-0.2, 0) is 6.42 Å². The molecule has 6 heteroatoms. The Morgan fingerprint density at radius 3 is 2.45 bits per heavy atom. The number of methoxy groups -OCH3 is 2. The lowest BCUT2D eigenvalue weighted by Gasteiger charge is -2.12. The highest BCUT2D eigenvalue weighted by Crippen LogP contribution is 2.27. The van der Waals surface area contributed by atoms with Crippen molar-refractivity contribution in [1.29, 1.82) is 0 Å². The molecule has 0 spiro atoms. The maximum Gasteiger partial charge on any atom is 0.252 e. The molecular formula is C23H25N3O3. The van der Waals surface area contributed by atoms with Crippen LogP contribution in [0.3, 0.4) is 0 Å². The number of benzene rings is 2. The number of nitrogens with zero attached hydrogens (tertiary/aromatic N) is 1. The van der Waals surface area contributed by atoms with Gasteiger partial charge < -0.3 is 20.1 Å². The molecule has 1 aromatic heterocycles. The van der Waals surface area contributed by atoms with Gasteiger partial charge in [-0.3, -0.25) is 4.79 Å². The van der Waals surface area contributed by atoms with Crippen molar-refractivity contribution >= 4 is 17.4 Å². The zero-order valence-corrected chi connectivity index (χ0v) is 16.9. The van der Waals surface area contributed by atoms with Crippen LogP contribution >= 0.6 is 0 Å². The molecule has 1 heterocycles. The van der Waals surface area contributed by atoms with Gasteiger partial charge in [0.05, 0.1) is 25.5 Å². The predicted octanol–water partition coefficient (Wildman–Crippen LogP) is 4.12. The fraction of sp³-hybridized carbons (Fsp3) is 0.217. The van der Waals surface area contributed by atoms with Crippen molar-refractivity contribution in [3.63, 3.8) is 0 Å². The number of rotatable bonds is 8. The van der Waals surface area contributed by atoms with E-state index in [1.807, 2.05) is 49.4 Å². The molecule has 3 aromatic rings. The fourth-order valence-corrected chi connectivity index (χ4v) is 2.87. The molecule has 29 heavy (non-hydrogen) atoms. The maximum atomic E-state index is 12.3. The van der Waals surface area contributed by atoms with Crippen LogP contribution in [0.25, 0.3) is 0 Å². The molecule has 6 nitrogen and oxygen atoms in total. The molecule has 1 amide bonds. The Kier molecular flexibility index (Phi) is 6.68. The highest BCUT2D eigenvalue weighted by Gasteiger charge is 2.08. The van der Waals surface area contributed by atoms with Gasteiger partial charge in [-0.15, -0.1) is 0 Å². The van der Waals surface area contributed by atoms with Crippen molar-refractivity contribution in [2.24, 2.45) is 0 Å².